The van der Waals surface area contributed by atoms with Crippen LogP contribution in [0.15, 0.2) is 84.0 Å². The van der Waals surface area contributed by atoms with Crippen LogP contribution in [-0.2, 0) is 6.18 Å². The smallest absolute Gasteiger partial charge is 0.382 e. The number of benzene rings is 3. The zero-order valence-electron chi connectivity index (χ0n) is 26.2. The van der Waals surface area contributed by atoms with Crippen molar-refractivity contribution in [2.45, 2.75) is 51.1 Å². The Morgan fingerprint density at radius 1 is 1.06 bits per heavy atom. The molecule has 7 nitrogen and oxygen atoms in total. The first-order valence-corrected chi connectivity index (χ1v) is 19.1. The molecule has 5 aromatic rings. The van der Waals surface area contributed by atoms with Crippen molar-refractivity contribution in [2.24, 2.45) is 10.7 Å². The number of aliphatic imine (C=N–C) groups is 1. The van der Waals surface area contributed by atoms with Crippen LogP contribution in [0.4, 0.5) is 24.5 Å². The number of fused-ring (bicyclic) bond motifs is 1. The van der Waals surface area contributed by atoms with Gasteiger partial charge in [-0.05, 0) is 41.1 Å². The highest BCUT2D eigenvalue weighted by Gasteiger charge is 2.36. The normalized spacial score (nSPS) is 13.2. The molecule has 0 spiro atoms. The van der Waals surface area contributed by atoms with Gasteiger partial charge in [-0.25, -0.2) is 14.7 Å². The summed E-state index contributed by atoms with van der Waals surface area (Å²) in [5.74, 6) is -0.779. The summed E-state index contributed by atoms with van der Waals surface area (Å²) in [7, 11) is -1.44. The number of halogens is 5. The van der Waals surface area contributed by atoms with E-state index in [4.69, 9.17) is 28.9 Å². The molecule has 0 aliphatic rings. The minimum atomic E-state index is -4.80. The number of hydrogen-bond acceptors (Lipinski definition) is 4. The number of carbonyl (C=O) groups is 1. The summed E-state index contributed by atoms with van der Waals surface area (Å²) in [4.78, 5) is 22.6. The molecule has 1 amide bonds. The average Bonchev–Trinajstić information content (AvgIpc) is 3.49. The molecule has 1 atom stereocenters. The molecule has 0 bridgehead atoms. The Kier molecular flexibility index (Phi) is 9.81. The molecular weight excluding hydrogens is 664 g/mol. The van der Waals surface area contributed by atoms with Crippen LogP contribution in [0.25, 0.3) is 16.6 Å². The van der Waals surface area contributed by atoms with Crippen molar-refractivity contribution in [1.29, 1.82) is 0 Å². The second-order valence-corrected chi connectivity index (χ2v) is 18.3. The lowest BCUT2D eigenvalue weighted by Crippen LogP contribution is -2.26. The van der Waals surface area contributed by atoms with Crippen molar-refractivity contribution in [1.82, 2.24) is 14.8 Å². The molecule has 13 heteroatoms. The van der Waals surface area contributed by atoms with E-state index in [2.05, 4.69) is 47.3 Å². The number of amidine groups is 1. The molecule has 3 aromatic carbocycles. The van der Waals surface area contributed by atoms with Gasteiger partial charge in [0.05, 0.1) is 21.3 Å². The van der Waals surface area contributed by atoms with E-state index in [9.17, 15) is 18.0 Å². The van der Waals surface area contributed by atoms with Gasteiger partial charge < -0.3 is 11.1 Å². The predicted molar refractivity (Wildman–Crippen MR) is 186 cm³/mol. The van der Waals surface area contributed by atoms with Crippen LogP contribution in [0.3, 0.4) is 0 Å². The third-order valence-electron chi connectivity index (χ3n) is 8.19. The molecule has 0 aliphatic heterocycles. The van der Waals surface area contributed by atoms with Crippen molar-refractivity contribution in [3.63, 3.8) is 0 Å². The quantitative estimate of drug-likeness (QED) is 0.0910. The van der Waals surface area contributed by atoms with Gasteiger partial charge in [-0.1, -0.05) is 105 Å². The Morgan fingerprint density at radius 2 is 1.77 bits per heavy atom. The summed E-state index contributed by atoms with van der Waals surface area (Å²) in [6.07, 6.45) is -3.44. The van der Waals surface area contributed by atoms with Crippen molar-refractivity contribution in [3.8, 4) is 5.82 Å². The van der Waals surface area contributed by atoms with Gasteiger partial charge in [0, 0.05) is 31.4 Å². The molecule has 0 radical (unpaired) electrons. The van der Waals surface area contributed by atoms with Crippen molar-refractivity contribution >= 4 is 65.2 Å². The van der Waals surface area contributed by atoms with Crippen LogP contribution in [0.5, 0.6) is 0 Å². The first kappa shape index (κ1) is 34.1. The Morgan fingerprint density at radius 3 is 2.47 bits per heavy atom. The minimum Gasteiger partial charge on any atom is -0.382 e. The predicted octanol–water partition coefficient (Wildman–Crippen LogP) is 9.87. The summed E-state index contributed by atoms with van der Waals surface area (Å²) in [6.45, 7) is 9.07. The monoisotopic (exact) mass is 696 g/mol. The molecule has 47 heavy (non-hydrogen) atoms. The van der Waals surface area contributed by atoms with Gasteiger partial charge >= 0.3 is 6.18 Å². The van der Waals surface area contributed by atoms with Crippen LogP contribution in [-0.4, -0.2) is 34.6 Å². The number of para-hydroxylation sites is 1. The molecule has 0 saturated heterocycles. The van der Waals surface area contributed by atoms with Crippen molar-refractivity contribution in [2.75, 3.05) is 5.32 Å². The lowest BCUT2D eigenvalue weighted by Gasteiger charge is -2.26. The van der Waals surface area contributed by atoms with Gasteiger partial charge in [0.15, 0.2) is 11.5 Å². The first-order valence-electron chi connectivity index (χ1n) is 14.9. The fraction of sp³-hybridized carbons (Fsp3) is 0.235. The van der Waals surface area contributed by atoms with E-state index in [0.717, 1.165) is 28.4 Å². The Bertz CT molecular complexity index is 1990. The van der Waals surface area contributed by atoms with E-state index in [-0.39, 0.29) is 44.6 Å². The van der Waals surface area contributed by atoms with Gasteiger partial charge in [0.1, 0.15) is 11.5 Å². The van der Waals surface area contributed by atoms with Gasteiger partial charge in [-0.3, -0.25) is 4.79 Å². The number of nitrogens with two attached hydrogens (primary N) is 1. The van der Waals surface area contributed by atoms with Crippen LogP contribution in [0, 0.1) is 0 Å². The van der Waals surface area contributed by atoms with Gasteiger partial charge in [0.2, 0.25) is 0 Å². The Hall–Kier alpha value is -4.19. The van der Waals surface area contributed by atoms with E-state index in [1.165, 1.54) is 18.3 Å². The molecule has 0 aliphatic carbocycles. The molecule has 2 aromatic heterocycles. The van der Waals surface area contributed by atoms with Crippen LogP contribution >= 0.6 is 23.2 Å². The van der Waals surface area contributed by atoms with Gasteiger partial charge in [-0.15, -0.1) is 0 Å². The maximum Gasteiger partial charge on any atom is 0.435 e. The summed E-state index contributed by atoms with van der Waals surface area (Å²) >= 11 is 13.2. The lowest BCUT2D eigenvalue weighted by molar-refractivity contribution is -0.141. The summed E-state index contributed by atoms with van der Waals surface area (Å²) in [5.41, 5.74) is 6.66. The van der Waals surface area contributed by atoms with Crippen molar-refractivity contribution in [3.05, 3.63) is 112 Å². The number of hydrogen-bond donors (Lipinski definition) is 2. The SMILES string of the molecule is CC[Si](C)(C)CC(C)c1ccccc1NC(=O)c1cc2ccccc2c(Cl)c1N=C(N)c1cc(C(F)(F)F)nn1-c1ncccc1Cl. The van der Waals surface area contributed by atoms with Gasteiger partial charge in [0.25, 0.3) is 5.91 Å². The zero-order valence-corrected chi connectivity index (χ0v) is 28.7. The van der Waals surface area contributed by atoms with Gasteiger partial charge in [-0.2, -0.15) is 18.3 Å². The number of carbonyl (C=O) groups excluding carboxylic acids is 1. The largest absolute Gasteiger partial charge is 0.435 e. The topological polar surface area (TPSA) is 98.2 Å². The third-order valence-corrected chi connectivity index (χ3v) is 12.5. The number of nitrogens with one attached hydrogen (secondary N) is 1. The van der Waals surface area contributed by atoms with Crippen LogP contribution in [0.2, 0.25) is 35.2 Å². The Balaban J connectivity index is 1.64. The van der Waals surface area contributed by atoms with E-state index >= 15 is 0 Å². The molecule has 0 fully saturated rings. The number of pyridine rings is 1. The van der Waals surface area contributed by atoms with Crippen LogP contribution < -0.4 is 11.1 Å². The zero-order chi connectivity index (χ0) is 34.1. The number of amides is 1. The highest BCUT2D eigenvalue weighted by molar-refractivity contribution is 6.77. The van der Waals surface area contributed by atoms with Crippen molar-refractivity contribution < 1.29 is 18.0 Å². The molecule has 244 valence electrons. The van der Waals surface area contributed by atoms with E-state index < -0.39 is 25.9 Å². The summed E-state index contributed by atoms with van der Waals surface area (Å²) in [5, 5.41) is 8.13. The second-order valence-electron chi connectivity index (χ2n) is 12.1. The lowest BCUT2D eigenvalue weighted by atomic mass is 10.00. The maximum atomic E-state index is 14.1. The summed E-state index contributed by atoms with van der Waals surface area (Å²) in [6, 6.07) is 22.3. The third kappa shape index (κ3) is 7.37. The number of alkyl halides is 3. The van der Waals surface area contributed by atoms with E-state index in [0.29, 0.717) is 16.5 Å². The number of anilines is 1. The maximum absolute atomic E-state index is 14.1. The molecule has 1 unspecified atom stereocenters. The molecular formula is C34H33Cl2F3N6OSi. The Labute approximate surface area is 281 Å². The summed E-state index contributed by atoms with van der Waals surface area (Å²) < 4.78 is 42.3. The van der Waals surface area contributed by atoms with Crippen LogP contribution in [0.1, 0.15) is 47.1 Å². The number of aromatic nitrogens is 3. The fourth-order valence-electron chi connectivity index (χ4n) is 5.46. The average molecular weight is 698 g/mol. The highest BCUT2D eigenvalue weighted by Crippen LogP contribution is 2.39. The molecule has 0 saturated carbocycles. The molecule has 5 rings (SSSR count). The fourth-order valence-corrected chi connectivity index (χ4v) is 8.15. The van der Waals surface area contributed by atoms with E-state index in [1.807, 2.05) is 30.3 Å². The number of nitrogens with zero attached hydrogens (tertiary/aromatic N) is 4. The standard InChI is InChI=1S/C34H33Cl2F3N6OSi/c1-5-47(3,4)19-20(2)22-12-8-9-15-26(22)42-33(46)24-17-21-11-6-7-13-23(21)29(36)30(24)43-31(40)27-18-28(34(37,38)39)44-45(27)32-25(35)14-10-16-41-32/h6-18,20H,5,19H2,1-4H3,(H2,40,43)(H,42,46). The number of rotatable bonds is 9. The molecule has 2 heterocycles. The first-order chi connectivity index (χ1) is 22.2. The highest BCUT2D eigenvalue weighted by atomic mass is 35.5. The van der Waals surface area contributed by atoms with E-state index in [1.54, 1.807) is 24.3 Å². The molecule has 3 N–H and O–H groups in total. The second kappa shape index (κ2) is 13.5. The minimum absolute atomic E-state index is 0.0150.